The van der Waals surface area contributed by atoms with Gasteiger partial charge in [0.2, 0.25) is 5.91 Å². The third-order valence-corrected chi connectivity index (χ3v) is 4.15. The van der Waals surface area contributed by atoms with Gasteiger partial charge >= 0.3 is 0 Å². The van der Waals surface area contributed by atoms with Crippen molar-refractivity contribution in [3.63, 3.8) is 0 Å². The van der Waals surface area contributed by atoms with E-state index in [-0.39, 0.29) is 11.9 Å². The van der Waals surface area contributed by atoms with Crippen molar-refractivity contribution in [2.24, 2.45) is 5.92 Å². The number of fused-ring (bicyclic) bond motifs is 1. The predicted octanol–water partition coefficient (Wildman–Crippen LogP) is 2.76. The maximum Gasteiger partial charge on any atom is 0.247 e. The average Bonchev–Trinajstić information content (AvgIpc) is 2.85. The van der Waals surface area contributed by atoms with Crippen molar-refractivity contribution in [1.82, 2.24) is 15.0 Å². The van der Waals surface area contributed by atoms with Crippen LogP contribution in [-0.4, -0.2) is 26.9 Å². The first-order valence-electron chi connectivity index (χ1n) is 7.14. The number of rotatable bonds is 4. The Labute approximate surface area is 132 Å². The summed E-state index contributed by atoms with van der Waals surface area (Å²) < 4.78 is 0. The molecule has 3 heterocycles. The van der Waals surface area contributed by atoms with Crippen LogP contribution in [0, 0.1) is 12.8 Å². The lowest BCUT2D eigenvalue weighted by atomic mass is 10.0. The number of nitrogens with one attached hydrogen (secondary N) is 3. The summed E-state index contributed by atoms with van der Waals surface area (Å²) in [7, 11) is 0. The highest BCUT2D eigenvalue weighted by atomic mass is 32.1. The molecule has 0 fully saturated rings. The van der Waals surface area contributed by atoms with Crippen molar-refractivity contribution >= 4 is 39.7 Å². The molecule has 0 aliphatic carbocycles. The van der Waals surface area contributed by atoms with Crippen molar-refractivity contribution in [3.05, 3.63) is 17.4 Å². The fraction of sp³-hybridized carbons (Fsp3) is 0.429. The first-order valence-corrected chi connectivity index (χ1v) is 8.02. The quantitative estimate of drug-likeness (QED) is 0.803. The molecule has 1 unspecified atom stereocenters. The molecule has 1 amide bonds. The highest BCUT2D eigenvalue weighted by molar-refractivity contribution is 7.13. The van der Waals surface area contributed by atoms with E-state index in [4.69, 9.17) is 0 Å². The largest absolute Gasteiger partial charge is 0.356 e. The van der Waals surface area contributed by atoms with Crippen LogP contribution in [0.4, 0.5) is 22.5 Å². The van der Waals surface area contributed by atoms with Crippen molar-refractivity contribution < 1.29 is 4.79 Å². The van der Waals surface area contributed by atoms with Crippen LogP contribution in [0.3, 0.4) is 0 Å². The predicted molar refractivity (Wildman–Crippen MR) is 87.7 cm³/mol. The number of amides is 1. The van der Waals surface area contributed by atoms with Crippen LogP contribution in [0.15, 0.2) is 11.7 Å². The van der Waals surface area contributed by atoms with Crippen LogP contribution < -0.4 is 16.0 Å². The standard InChI is InChI=1S/C14H18N6OS/c1-7(2)4-9-13(21)19-10-11(18-9)15-6-16-12(10)20-14-17-8(3)5-22-14/h5-7,9H,4H2,1-3H3,(H,19,21)(H2,15,16,17,18,20). The topological polar surface area (TPSA) is 91.8 Å². The SMILES string of the molecule is Cc1csc(Nc2ncnc3c2NC(=O)C(CC(C)C)N3)n1. The molecule has 0 bridgehead atoms. The van der Waals surface area contributed by atoms with Crippen LogP contribution in [0.25, 0.3) is 0 Å². The Bertz CT molecular complexity index is 698. The molecule has 0 aromatic carbocycles. The number of carbonyl (C=O) groups excluding carboxylic acids is 1. The maximum absolute atomic E-state index is 12.2. The normalized spacial score (nSPS) is 16.9. The van der Waals surface area contributed by atoms with Gasteiger partial charge in [-0.2, -0.15) is 0 Å². The maximum atomic E-state index is 12.2. The minimum Gasteiger partial charge on any atom is -0.356 e. The summed E-state index contributed by atoms with van der Waals surface area (Å²) >= 11 is 1.49. The van der Waals surface area contributed by atoms with E-state index in [1.807, 2.05) is 12.3 Å². The van der Waals surface area contributed by atoms with Gasteiger partial charge < -0.3 is 16.0 Å². The van der Waals surface area contributed by atoms with Gasteiger partial charge in [0.05, 0.1) is 5.69 Å². The second-order valence-electron chi connectivity index (χ2n) is 5.68. The Morgan fingerprint density at radius 1 is 1.41 bits per heavy atom. The Morgan fingerprint density at radius 3 is 2.91 bits per heavy atom. The number of thiazole rings is 1. The number of anilines is 4. The lowest BCUT2D eigenvalue weighted by Gasteiger charge is -2.27. The van der Waals surface area contributed by atoms with E-state index in [0.717, 1.165) is 17.2 Å². The number of hydrogen-bond donors (Lipinski definition) is 3. The van der Waals surface area contributed by atoms with Gasteiger partial charge in [0.1, 0.15) is 18.1 Å². The molecular weight excluding hydrogens is 300 g/mol. The highest BCUT2D eigenvalue weighted by Gasteiger charge is 2.29. The fourth-order valence-corrected chi connectivity index (χ4v) is 2.99. The van der Waals surface area contributed by atoms with Gasteiger partial charge in [-0.05, 0) is 19.3 Å². The van der Waals surface area contributed by atoms with E-state index < -0.39 is 0 Å². The van der Waals surface area contributed by atoms with Gasteiger partial charge in [-0.15, -0.1) is 11.3 Å². The van der Waals surface area contributed by atoms with Gasteiger partial charge in [0, 0.05) is 5.38 Å². The van der Waals surface area contributed by atoms with Crippen molar-refractivity contribution in [3.8, 4) is 0 Å². The average molecular weight is 318 g/mol. The molecule has 0 radical (unpaired) electrons. The zero-order valence-corrected chi connectivity index (χ0v) is 13.5. The highest BCUT2D eigenvalue weighted by Crippen LogP contribution is 2.33. The van der Waals surface area contributed by atoms with Crippen LogP contribution >= 0.6 is 11.3 Å². The van der Waals surface area contributed by atoms with E-state index >= 15 is 0 Å². The molecule has 0 spiro atoms. The Hall–Kier alpha value is -2.22. The van der Waals surface area contributed by atoms with Gasteiger partial charge in [-0.25, -0.2) is 15.0 Å². The summed E-state index contributed by atoms with van der Waals surface area (Å²) in [6, 6.07) is -0.266. The number of nitrogens with zero attached hydrogens (tertiary/aromatic N) is 3. The van der Waals surface area contributed by atoms with E-state index in [0.29, 0.717) is 23.2 Å². The van der Waals surface area contributed by atoms with E-state index in [1.165, 1.54) is 17.7 Å². The Morgan fingerprint density at radius 2 is 2.23 bits per heavy atom. The van der Waals surface area contributed by atoms with Gasteiger partial charge in [-0.3, -0.25) is 4.79 Å². The zero-order valence-electron chi connectivity index (χ0n) is 12.7. The summed E-state index contributed by atoms with van der Waals surface area (Å²) in [6.45, 7) is 6.10. The Balaban J connectivity index is 1.86. The molecule has 0 saturated heterocycles. The smallest absolute Gasteiger partial charge is 0.247 e. The van der Waals surface area contributed by atoms with Crippen LogP contribution in [0.2, 0.25) is 0 Å². The second-order valence-corrected chi connectivity index (χ2v) is 6.54. The molecular formula is C14H18N6OS. The van der Waals surface area contributed by atoms with Crippen molar-refractivity contribution in [2.45, 2.75) is 33.2 Å². The summed E-state index contributed by atoms with van der Waals surface area (Å²) in [6.07, 6.45) is 2.22. The number of aromatic nitrogens is 3. The summed E-state index contributed by atoms with van der Waals surface area (Å²) in [5.74, 6) is 1.54. The zero-order chi connectivity index (χ0) is 15.7. The molecule has 3 rings (SSSR count). The molecule has 2 aromatic heterocycles. The van der Waals surface area contributed by atoms with E-state index in [9.17, 15) is 4.79 Å². The molecule has 22 heavy (non-hydrogen) atoms. The lowest BCUT2D eigenvalue weighted by molar-refractivity contribution is -0.117. The molecule has 1 atom stereocenters. The van der Waals surface area contributed by atoms with Crippen LogP contribution in [0.1, 0.15) is 26.0 Å². The van der Waals surface area contributed by atoms with Gasteiger partial charge in [0.25, 0.3) is 0 Å². The summed E-state index contributed by atoms with van der Waals surface area (Å²) in [5, 5.41) is 11.9. The van der Waals surface area contributed by atoms with Crippen molar-refractivity contribution in [2.75, 3.05) is 16.0 Å². The van der Waals surface area contributed by atoms with E-state index in [2.05, 4.69) is 44.7 Å². The first kappa shape index (κ1) is 14.7. The molecule has 8 heteroatoms. The third-order valence-electron chi connectivity index (χ3n) is 3.27. The van der Waals surface area contributed by atoms with Crippen LogP contribution in [0.5, 0.6) is 0 Å². The monoisotopic (exact) mass is 318 g/mol. The van der Waals surface area contributed by atoms with Crippen LogP contribution in [-0.2, 0) is 4.79 Å². The van der Waals surface area contributed by atoms with Gasteiger partial charge in [-0.1, -0.05) is 13.8 Å². The van der Waals surface area contributed by atoms with Gasteiger partial charge in [0.15, 0.2) is 16.8 Å². The summed E-state index contributed by atoms with van der Waals surface area (Å²) in [5.41, 5.74) is 1.51. The number of aryl methyl sites for hydroxylation is 1. The number of carbonyl (C=O) groups is 1. The summed E-state index contributed by atoms with van der Waals surface area (Å²) in [4.78, 5) is 25.0. The third kappa shape index (κ3) is 3.01. The molecule has 0 saturated carbocycles. The molecule has 7 nitrogen and oxygen atoms in total. The molecule has 1 aliphatic heterocycles. The second kappa shape index (κ2) is 5.88. The van der Waals surface area contributed by atoms with Crippen molar-refractivity contribution in [1.29, 1.82) is 0 Å². The lowest BCUT2D eigenvalue weighted by Crippen LogP contribution is -2.40. The molecule has 3 N–H and O–H groups in total. The van der Waals surface area contributed by atoms with E-state index in [1.54, 1.807) is 0 Å². The minimum atomic E-state index is -0.266. The minimum absolute atomic E-state index is 0.0608. The number of hydrogen-bond acceptors (Lipinski definition) is 7. The molecule has 1 aliphatic rings. The molecule has 116 valence electrons. The molecule has 2 aromatic rings. The Kier molecular flexibility index (Phi) is 3.93. The first-order chi connectivity index (χ1) is 10.5. The fourth-order valence-electron chi connectivity index (χ4n) is 2.30.